The lowest BCUT2D eigenvalue weighted by Crippen LogP contribution is -2.42. The number of ether oxygens (including phenoxy) is 4. The maximum atomic E-state index is 12.4. The highest BCUT2D eigenvalue weighted by Gasteiger charge is 2.53. The van der Waals surface area contributed by atoms with E-state index in [4.69, 9.17) is 18.9 Å². The minimum Gasteiger partial charge on any atom is -0.467 e. The van der Waals surface area contributed by atoms with Crippen LogP contribution in [0.4, 0.5) is 4.79 Å². The van der Waals surface area contributed by atoms with E-state index in [1.165, 1.54) is 12.0 Å². The van der Waals surface area contributed by atoms with Gasteiger partial charge in [0.25, 0.3) is 0 Å². The summed E-state index contributed by atoms with van der Waals surface area (Å²) in [5.41, 5.74) is 0.873. The lowest BCUT2D eigenvalue weighted by molar-refractivity contribution is -0.152. The summed E-state index contributed by atoms with van der Waals surface area (Å²) in [6.07, 6.45) is -0.333. The van der Waals surface area contributed by atoms with Crippen molar-refractivity contribution in [1.29, 1.82) is 0 Å². The molecule has 1 atom stereocenters. The first-order chi connectivity index (χ1) is 11.1. The number of likely N-dealkylation sites (tertiary alicyclic amines) is 1. The van der Waals surface area contributed by atoms with E-state index in [0.29, 0.717) is 13.2 Å². The first-order valence-electron chi connectivity index (χ1n) is 7.47. The van der Waals surface area contributed by atoms with Crippen LogP contribution in [0.3, 0.4) is 0 Å². The average molecular weight is 321 g/mol. The molecular weight excluding hydrogens is 302 g/mol. The van der Waals surface area contributed by atoms with E-state index < -0.39 is 23.9 Å². The van der Waals surface area contributed by atoms with Crippen molar-refractivity contribution in [3.63, 3.8) is 0 Å². The molecule has 2 fully saturated rings. The monoisotopic (exact) mass is 321 g/mol. The van der Waals surface area contributed by atoms with Gasteiger partial charge in [-0.2, -0.15) is 0 Å². The molecule has 1 unspecified atom stereocenters. The lowest BCUT2D eigenvalue weighted by Gasteiger charge is -2.22. The Morgan fingerprint density at radius 2 is 1.96 bits per heavy atom. The SMILES string of the molecule is COC(=O)C1CC2(CN1C(=O)OCc1ccccc1)OCCO2. The van der Waals surface area contributed by atoms with Gasteiger partial charge in [0.2, 0.25) is 0 Å². The van der Waals surface area contributed by atoms with Gasteiger partial charge in [0.15, 0.2) is 5.79 Å². The van der Waals surface area contributed by atoms with Gasteiger partial charge < -0.3 is 18.9 Å². The van der Waals surface area contributed by atoms with Gasteiger partial charge in [0, 0.05) is 6.42 Å². The van der Waals surface area contributed by atoms with E-state index in [1.54, 1.807) is 0 Å². The Morgan fingerprint density at radius 3 is 2.61 bits per heavy atom. The molecular formula is C16H19NO6. The fraction of sp³-hybridized carbons (Fsp3) is 0.500. The predicted octanol–water partition coefficient (Wildman–Crippen LogP) is 1.31. The number of hydrogen-bond acceptors (Lipinski definition) is 6. The molecule has 7 heteroatoms. The topological polar surface area (TPSA) is 74.3 Å². The zero-order chi connectivity index (χ0) is 16.3. The first-order valence-corrected chi connectivity index (χ1v) is 7.47. The molecule has 1 amide bonds. The molecule has 2 aliphatic heterocycles. The molecule has 3 rings (SSSR count). The van der Waals surface area contributed by atoms with Crippen molar-refractivity contribution < 1.29 is 28.5 Å². The molecule has 23 heavy (non-hydrogen) atoms. The minimum absolute atomic E-state index is 0.138. The second-order valence-corrected chi connectivity index (χ2v) is 5.52. The molecule has 0 aromatic heterocycles. The van der Waals surface area contributed by atoms with Crippen LogP contribution in [0.25, 0.3) is 0 Å². The van der Waals surface area contributed by atoms with Crippen LogP contribution < -0.4 is 0 Å². The molecule has 7 nitrogen and oxygen atoms in total. The number of methoxy groups -OCH3 is 1. The van der Waals surface area contributed by atoms with Crippen molar-refractivity contribution >= 4 is 12.1 Å². The number of benzene rings is 1. The standard InChI is InChI=1S/C16H19NO6/c1-20-14(18)13-9-16(22-7-8-23-16)11-17(13)15(19)21-10-12-5-3-2-4-6-12/h2-6,13H,7-11H2,1H3. The first kappa shape index (κ1) is 15.8. The summed E-state index contributed by atoms with van der Waals surface area (Å²) in [5, 5.41) is 0. The van der Waals surface area contributed by atoms with Crippen LogP contribution in [0.5, 0.6) is 0 Å². The van der Waals surface area contributed by atoms with Gasteiger partial charge >= 0.3 is 12.1 Å². The van der Waals surface area contributed by atoms with E-state index in [-0.39, 0.29) is 19.6 Å². The second kappa shape index (κ2) is 6.55. The number of carbonyl (C=O) groups excluding carboxylic acids is 2. The van der Waals surface area contributed by atoms with Gasteiger partial charge in [-0.05, 0) is 5.56 Å². The predicted molar refractivity (Wildman–Crippen MR) is 78.4 cm³/mol. The normalized spacial score (nSPS) is 22.3. The highest BCUT2D eigenvalue weighted by Crippen LogP contribution is 2.35. The molecule has 1 aromatic carbocycles. The number of esters is 1. The largest absolute Gasteiger partial charge is 0.467 e. The molecule has 1 aromatic rings. The summed E-state index contributed by atoms with van der Waals surface area (Å²) >= 11 is 0. The van der Waals surface area contributed by atoms with Crippen LogP contribution in [0.2, 0.25) is 0 Å². The van der Waals surface area contributed by atoms with E-state index >= 15 is 0 Å². The van der Waals surface area contributed by atoms with Gasteiger partial charge in [0.1, 0.15) is 12.6 Å². The number of hydrogen-bond donors (Lipinski definition) is 0. The smallest absolute Gasteiger partial charge is 0.411 e. The van der Waals surface area contributed by atoms with Crippen LogP contribution >= 0.6 is 0 Å². The summed E-state index contributed by atoms with van der Waals surface area (Å²) in [5.74, 6) is -1.43. The van der Waals surface area contributed by atoms with Gasteiger partial charge in [0.05, 0.1) is 26.9 Å². The van der Waals surface area contributed by atoms with Crippen LogP contribution in [-0.2, 0) is 30.3 Å². The van der Waals surface area contributed by atoms with Crippen LogP contribution in [0.1, 0.15) is 12.0 Å². The highest BCUT2D eigenvalue weighted by molar-refractivity contribution is 5.82. The third-order valence-corrected chi connectivity index (χ3v) is 4.02. The van der Waals surface area contributed by atoms with Gasteiger partial charge in [-0.25, -0.2) is 9.59 Å². The third-order valence-electron chi connectivity index (χ3n) is 4.02. The Balaban J connectivity index is 1.67. The third kappa shape index (κ3) is 3.30. The zero-order valence-corrected chi connectivity index (χ0v) is 12.9. The maximum absolute atomic E-state index is 12.4. The Hall–Kier alpha value is -2.12. The molecule has 124 valence electrons. The molecule has 2 aliphatic rings. The van der Waals surface area contributed by atoms with Crippen molar-refractivity contribution in [2.75, 3.05) is 26.9 Å². The minimum atomic E-state index is -0.926. The summed E-state index contributed by atoms with van der Waals surface area (Å²) in [7, 11) is 1.29. The van der Waals surface area contributed by atoms with Crippen LogP contribution in [-0.4, -0.2) is 55.7 Å². The maximum Gasteiger partial charge on any atom is 0.411 e. The van der Waals surface area contributed by atoms with Crippen molar-refractivity contribution in [3.8, 4) is 0 Å². The Bertz CT molecular complexity index is 569. The van der Waals surface area contributed by atoms with E-state index in [0.717, 1.165) is 5.56 Å². The van der Waals surface area contributed by atoms with Gasteiger partial charge in [-0.3, -0.25) is 4.90 Å². The quantitative estimate of drug-likeness (QED) is 0.782. The van der Waals surface area contributed by atoms with Crippen LogP contribution in [0.15, 0.2) is 30.3 Å². The second-order valence-electron chi connectivity index (χ2n) is 5.52. The fourth-order valence-electron chi connectivity index (χ4n) is 2.89. The fourth-order valence-corrected chi connectivity index (χ4v) is 2.89. The highest BCUT2D eigenvalue weighted by atomic mass is 16.7. The number of carbonyl (C=O) groups is 2. The molecule has 2 heterocycles. The average Bonchev–Trinajstić information content (AvgIpc) is 3.20. The van der Waals surface area contributed by atoms with Crippen molar-refractivity contribution in [2.45, 2.75) is 24.9 Å². The summed E-state index contributed by atoms with van der Waals surface area (Å²) in [6.45, 7) is 1.18. The lowest BCUT2D eigenvalue weighted by atomic mass is 10.1. The summed E-state index contributed by atoms with van der Waals surface area (Å²) in [6, 6.07) is 8.58. The van der Waals surface area contributed by atoms with Gasteiger partial charge in [-0.15, -0.1) is 0 Å². The number of amides is 1. The number of nitrogens with zero attached hydrogens (tertiary/aromatic N) is 1. The number of rotatable bonds is 3. The molecule has 1 spiro atoms. The molecule has 0 aliphatic carbocycles. The van der Waals surface area contributed by atoms with Crippen molar-refractivity contribution in [1.82, 2.24) is 4.90 Å². The van der Waals surface area contributed by atoms with Crippen LogP contribution in [0, 0.1) is 0 Å². The molecule has 0 N–H and O–H groups in total. The van der Waals surface area contributed by atoms with Gasteiger partial charge in [-0.1, -0.05) is 30.3 Å². The van der Waals surface area contributed by atoms with E-state index in [9.17, 15) is 9.59 Å². The Morgan fingerprint density at radius 1 is 1.26 bits per heavy atom. The van der Waals surface area contributed by atoms with E-state index in [2.05, 4.69) is 0 Å². The molecule has 0 saturated carbocycles. The molecule has 0 bridgehead atoms. The van der Waals surface area contributed by atoms with Crippen molar-refractivity contribution in [3.05, 3.63) is 35.9 Å². The van der Waals surface area contributed by atoms with Crippen molar-refractivity contribution in [2.24, 2.45) is 0 Å². The summed E-state index contributed by atoms with van der Waals surface area (Å²) < 4.78 is 21.3. The molecule has 0 radical (unpaired) electrons. The summed E-state index contributed by atoms with van der Waals surface area (Å²) in [4.78, 5) is 25.7. The molecule has 2 saturated heterocycles. The zero-order valence-electron chi connectivity index (χ0n) is 12.9. The van der Waals surface area contributed by atoms with E-state index in [1.807, 2.05) is 30.3 Å². The Kier molecular flexibility index (Phi) is 4.49. The Labute approximate surface area is 134 Å².